The lowest BCUT2D eigenvalue weighted by molar-refractivity contribution is 0.561. The van der Waals surface area contributed by atoms with Gasteiger partial charge in [0.25, 0.3) is 0 Å². The second kappa shape index (κ2) is 6.81. The van der Waals surface area contributed by atoms with Crippen molar-refractivity contribution in [3.63, 3.8) is 0 Å². The fourth-order valence-corrected chi connectivity index (χ4v) is 2.76. The molecule has 0 saturated heterocycles. The molecule has 0 aliphatic heterocycles. The smallest absolute Gasteiger partial charge is 0.144 e. The van der Waals surface area contributed by atoms with Crippen LogP contribution in [-0.2, 0) is 11.4 Å². The minimum absolute atomic E-state index is 0.450. The summed E-state index contributed by atoms with van der Waals surface area (Å²) in [5, 5.41) is 0. The van der Waals surface area contributed by atoms with Crippen LogP contribution in [0.5, 0.6) is 0 Å². The molecule has 0 bridgehead atoms. The molecule has 1 unspecified atom stereocenters. The van der Waals surface area contributed by atoms with Gasteiger partial charge < -0.3 is 10.3 Å². The Morgan fingerprint density at radius 2 is 2.05 bits per heavy atom. The van der Waals surface area contributed by atoms with Gasteiger partial charge in [0.2, 0.25) is 0 Å². The highest BCUT2D eigenvalue weighted by molar-refractivity contribution is 9.10. The van der Waals surface area contributed by atoms with Gasteiger partial charge >= 0.3 is 0 Å². The summed E-state index contributed by atoms with van der Waals surface area (Å²) in [7, 11) is 0. The van der Waals surface area contributed by atoms with E-state index in [1.807, 2.05) is 45.0 Å². The van der Waals surface area contributed by atoms with Crippen LogP contribution in [0, 0.1) is 0 Å². The monoisotopic (exact) mass is 379 g/mol. The zero-order valence-corrected chi connectivity index (χ0v) is 15.1. The molecule has 22 heavy (non-hydrogen) atoms. The van der Waals surface area contributed by atoms with Crippen molar-refractivity contribution in [2.24, 2.45) is 4.40 Å². The largest absolute Gasteiger partial charge is 0.591 e. The normalized spacial score (nSPS) is 14.0. The van der Waals surface area contributed by atoms with Gasteiger partial charge in [-0.15, -0.1) is 0 Å². The highest BCUT2D eigenvalue weighted by Gasteiger charge is 2.28. The van der Waals surface area contributed by atoms with Crippen LogP contribution in [0.2, 0.25) is 0 Å². The van der Waals surface area contributed by atoms with Crippen molar-refractivity contribution in [3.05, 3.63) is 58.3 Å². The van der Waals surface area contributed by atoms with Crippen LogP contribution < -0.4 is 5.73 Å². The molecule has 116 valence electrons. The zero-order valence-electron chi connectivity index (χ0n) is 12.7. The maximum Gasteiger partial charge on any atom is 0.144 e. The molecular formula is C16H18BrN3OS. The Morgan fingerprint density at radius 3 is 2.64 bits per heavy atom. The molecule has 0 radical (unpaired) electrons. The van der Waals surface area contributed by atoms with Gasteiger partial charge in [0, 0.05) is 33.7 Å². The standard InChI is InChI=1S/C16H18BrN3OS/c1-16(2,3)22(21)20-15(11-5-4-6-12(17)9-11)13-10-19-8-7-14(13)18/h4-10H,1-3H3,(H2,18,19)/b20-15+. The first-order chi connectivity index (χ1) is 10.3. The van der Waals surface area contributed by atoms with Gasteiger partial charge in [-0.3, -0.25) is 4.98 Å². The van der Waals surface area contributed by atoms with Crippen molar-refractivity contribution in [1.29, 1.82) is 0 Å². The Labute approximate surface area is 142 Å². The lowest BCUT2D eigenvalue weighted by Crippen LogP contribution is -2.27. The molecule has 2 rings (SSSR count). The van der Waals surface area contributed by atoms with Crippen molar-refractivity contribution in [2.45, 2.75) is 25.5 Å². The first-order valence-electron chi connectivity index (χ1n) is 6.75. The van der Waals surface area contributed by atoms with Gasteiger partial charge in [-0.25, -0.2) is 0 Å². The lowest BCUT2D eigenvalue weighted by atomic mass is 10.0. The van der Waals surface area contributed by atoms with E-state index >= 15 is 0 Å². The third kappa shape index (κ3) is 4.09. The predicted molar refractivity (Wildman–Crippen MR) is 96.3 cm³/mol. The number of pyridine rings is 1. The summed E-state index contributed by atoms with van der Waals surface area (Å²) in [5.41, 5.74) is 8.71. The minimum Gasteiger partial charge on any atom is -0.591 e. The zero-order chi connectivity index (χ0) is 16.3. The van der Waals surface area contributed by atoms with E-state index in [4.69, 9.17) is 5.73 Å². The number of anilines is 1. The number of nitrogens with zero attached hydrogens (tertiary/aromatic N) is 2. The molecule has 2 N–H and O–H groups in total. The molecule has 1 atom stereocenters. The second-order valence-electron chi connectivity index (χ2n) is 5.77. The van der Waals surface area contributed by atoms with E-state index in [0.717, 1.165) is 10.0 Å². The highest BCUT2D eigenvalue weighted by Crippen LogP contribution is 2.24. The maximum absolute atomic E-state index is 12.5. The Kier molecular flexibility index (Phi) is 5.26. The summed E-state index contributed by atoms with van der Waals surface area (Å²) in [6.45, 7) is 5.66. The average Bonchev–Trinajstić information content (AvgIpc) is 2.44. The van der Waals surface area contributed by atoms with E-state index in [0.29, 0.717) is 17.0 Å². The Balaban J connectivity index is 2.60. The average molecular weight is 380 g/mol. The molecule has 2 aromatic rings. The lowest BCUT2D eigenvalue weighted by Gasteiger charge is -2.20. The van der Waals surface area contributed by atoms with Gasteiger partial charge in [-0.2, -0.15) is 0 Å². The Morgan fingerprint density at radius 1 is 1.32 bits per heavy atom. The van der Waals surface area contributed by atoms with E-state index in [-0.39, 0.29) is 0 Å². The van der Waals surface area contributed by atoms with Crippen LogP contribution in [0.25, 0.3) is 0 Å². The fraction of sp³-hybridized carbons (Fsp3) is 0.250. The molecule has 0 amide bonds. The first-order valence-corrected chi connectivity index (χ1v) is 8.65. The third-order valence-corrected chi connectivity index (χ3v) is 4.80. The van der Waals surface area contributed by atoms with Crippen LogP contribution in [0.3, 0.4) is 0 Å². The van der Waals surface area contributed by atoms with Crippen molar-refractivity contribution in [1.82, 2.24) is 4.98 Å². The Hall–Kier alpha value is -1.37. The molecule has 1 heterocycles. The molecule has 4 nitrogen and oxygen atoms in total. The SMILES string of the molecule is CC(C)(C)[S+]([O-])/N=C(\c1cccc(Br)c1)c1cnccc1N. The van der Waals surface area contributed by atoms with E-state index in [1.54, 1.807) is 18.5 Å². The molecule has 1 aromatic heterocycles. The van der Waals surface area contributed by atoms with E-state index in [2.05, 4.69) is 25.3 Å². The number of nitrogen functional groups attached to an aromatic ring is 1. The number of hydrogen-bond donors (Lipinski definition) is 1. The quantitative estimate of drug-likeness (QED) is 0.651. The third-order valence-electron chi connectivity index (χ3n) is 2.91. The summed E-state index contributed by atoms with van der Waals surface area (Å²) < 4.78 is 17.4. The summed E-state index contributed by atoms with van der Waals surface area (Å²) in [6, 6.07) is 9.37. The van der Waals surface area contributed by atoms with Crippen molar-refractivity contribution < 1.29 is 4.55 Å². The summed E-state index contributed by atoms with van der Waals surface area (Å²) in [4.78, 5) is 4.11. The minimum atomic E-state index is -1.39. The summed E-state index contributed by atoms with van der Waals surface area (Å²) in [6.07, 6.45) is 3.27. The van der Waals surface area contributed by atoms with Crippen molar-refractivity contribution in [3.8, 4) is 0 Å². The fourth-order valence-electron chi connectivity index (χ4n) is 1.72. The molecule has 1 aromatic carbocycles. The number of halogens is 1. The topological polar surface area (TPSA) is 74.3 Å². The van der Waals surface area contributed by atoms with Crippen LogP contribution in [0.4, 0.5) is 5.69 Å². The van der Waals surface area contributed by atoms with Crippen molar-refractivity contribution in [2.75, 3.05) is 5.73 Å². The summed E-state index contributed by atoms with van der Waals surface area (Å²) in [5.74, 6) is 0. The van der Waals surface area contributed by atoms with Crippen molar-refractivity contribution >= 4 is 38.7 Å². The highest BCUT2D eigenvalue weighted by atomic mass is 79.9. The molecule has 0 aliphatic rings. The number of rotatable bonds is 3. The van der Waals surface area contributed by atoms with E-state index < -0.39 is 16.1 Å². The van der Waals surface area contributed by atoms with E-state index in [9.17, 15) is 4.55 Å². The second-order valence-corrected chi connectivity index (χ2v) is 8.60. The molecule has 0 saturated carbocycles. The van der Waals surface area contributed by atoms with Gasteiger partial charge in [0.1, 0.15) is 21.8 Å². The first kappa shape index (κ1) is 17.0. The number of nitrogens with two attached hydrogens (primary N) is 1. The van der Waals surface area contributed by atoms with Crippen LogP contribution in [0.15, 0.2) is 51.6 Å². The number of aromatic nitrogens is 1. The van der Waals surface area contributed by atoms with Gasteiger partial charge in [0.05, 0.1) is 0 Å². The van der Waals surface area contributed by atoms with Crippen LogP contribution >= 0.6 is 15.9 Å². The van der Waals surface area contributed by atoms with Gasteiger partial charge in [0.15, 0.2) is 0 Å². The predicted octanol–water partition coefficient (Wildman–Crippen LogP) is 3.73. The Bertz CT molecular complexity index is 698. The molecule has 0 spiro atoms. The van der Waals surface area contributed by atoms with E-state index in [1.165, 1.54) is 0 Å². The summed E-state index contributed by atoms with van der Waals surface area (Å²) >= 11 is 2.06. The molecule has 0 aliphatic carbocycles. The molecular weight excluding hydrogens is 362 g/mol. The maximum atomic E-state index is 12.5. The molecule has 6 heteroatoms. The number of benzene rings is 1. The van der Waals surface area contributed by atoms with Gasteiger partial charge in [-0.05, 0) is 39.0 Å². The number of hydrogen-bond acceptors (Lipinski definition) is 4. The van der Waals surface area contributed by atoms with Crippen LogP contribution in [-0.4, -0.2) is 20.0 Å². The molecule has 0 fully saturated rings. The van der Waals surface area contributed by atoms with Crippen LogP contribution in [0.1, 0.15) is 31.9 Å². The van der Waals surface area contributed by atoms with Gasteiger partial charge in [-0.1, -0.05) is 32.5 Å².